The summed E-state index contributed by atoms with van der Waals surface area (Å²) >= 11 is 1.30. The highest BCUT2D eigenvalue weighted by Crippen LogP contribution is 2.24. The van der Waals surface area contributed by atoms with E-state index in [-0.39, 0.29) is 17.2 Å². The number of hydrogen-bond acceptors (Lipinski definition) is 5. The molecule has 0 aliphatic rings. The average Bonchev–Trinajstić information content (AvgIpc) is 3.27. The number of thioether (sulfide) groups is 1. The topological polar surface area (TPSA) is 72.5 Å². The normalized spacial score (nSPS) is 11.2. The van der Waals surface area contributed by atoms with E-state index in [0.29, 0.717) is 27.5 Å². The number of aryl methyl sites for hydroxylation is 1. The molecule has 0 N–H and O–H groups in total. The summed E-state index contributed by atoms with van der Waals surface area (Å²) in [6.07, 6.45) is 0. The van der Waals surface area contributed by atoms with Crippen LogP contribution in [-0.4, -0.2) is 37.9 Å². The van der Waals surface area contributed by atoms with Gasteiger partial charge < -0.3 is 4.90 Å². The number of fused-ring (bicyclic) bond motifs is 3. The highest BCUT2D eigenvalue weighted by Gasteiger charge is 2.19. The second kappa shape index (κ2) is 8.55. The van der Waals surface area contributed by atoms with E-state index in [1.54, 1.807) is 22.6 Å². The van der Waals surface area contributed by atoms with Crippen LogP contribution in [-0.2, 0) is 4.79 Å². The molecular formula is C25H21N5O2S. The van der Waals surface area contributed by atoms with Crippen molar-refractivity contribution in [2.45, 2.75) is 12.1 Å². The van der Waals surface area contributed by atoms with E-state index in [1.807, 2.05) is 84.1 Å². The van der Waals surface area contributed by atoms with Crippen molar-refractivity contribution in [2.24, 2.45) is 0 Å². The zero-order valence-corrected chi connectivity index (χ0v) is 19.0. The average molecular weight is 456 g/mol. The molecule has 0 saturated heterocycles. The van der Waals surface area contributed by atoms with Crippen LogP contribution < -0.4 is 10.5 Å². The molecule has 0 aliphatic carbocycles. The van der Waals surface area contributed by atoms with Crippen LogP contribution in [0.3, 0.4) is 0 Å². The van der Waals surface area contributed by atoms with E-state index < -0.39 is 0 Å². The molecule has 0 radical (unpaired) electrons. The molecule has 8 heteroatoms. The van der Waals surface area contributed by atoms with Gasteiger partial charge in [-0.1, -0.05) is 59.8 Å². The summed E-state index contributed by atoms with van der Waals surface area (Å²) in [4.78, 5) is 27.8. The zero-order valence-electron chi connectivity index (χ0n) is 18.2. The van der Waals surface area contributed by atoms with E-state index in [4.69, 9.17) is 0 Å². The predicted molar refractivity (Wildman–Crippen MR) is 131 cm³/mol. The van der Waals surface area contributed by atoms with Crippen molar-refractivity contribution in [2.75, 3.05) is 17.7 Å². The van der Waals surface area contributed by atoms with Crippen molar-refractivity contribution in [1.29, 1.82) is 0 Å². The molecule has 7 nitrogen and oxygen atoms in total. The summed E-state index contributed by atoms with van der Waals surface area (Å²) in [6, 6.07) is 24.6. The van der Waals surface area contributed by atoms with E-state index in [9.17, 15) is 9.59 Å². The predicted octanol–water partition coefficient (Wildman–Crippen LogP) is 4.10. The Morgan fingerprint density at radius 2 is 1.64 bits per heavy atom. The molecule has 0 bridgehead atoms. The monoisotopic (exact) mass is 455 g/mol. The second-order valence-corrected chi connectivity index (χ2v) is 8.63. The third-order valence-electron chi connectivity index (χ3n) is 5.53. The minimum atomic E-state index is -0.161. The highest BCUT2D eigenvalue weighted by atomic mass is 32.2. The lowest BCUT2D eigenvalue weighted by molar-refractivity contribution is -0.115. The van der Waals surface area contributed by atoms with Crippen LogP contribution in [0.25, 0.3) is 22.4 Å². The van der Waals surface area contributed by atoms with Crippen molar-refractivity contribution >= 4 is 40.0 Å². The number of rotatable bonds is 5. The Morgan fingerprint density at radius 3 is 2.39 bits per heavy atom. The maximum atomic E-state index is 13.4. The first-order chi connectivity index (χ1) is 16.0. The molecule has 33 heavy (non-hydrogen) atoms. The molecule has 1 amide bonds. The molecule has 0 fully saturated rings. The largest absolute Gasteiger partial charge is 0.315 e. The Balaban J connectivity index is 1.58. The number of carbonyl (C=O) groups excluding carboxylic acids is 1. The van der Waals surface area contributed by atoms with Gasteiger partial charge in [-0.15, -0.1) is 10.2 Å². The van der Waals surface area contributed by atoms with Gasteiger partial charge in [0, 0.05) is 12.7 Å². The van der Waals surface area contributed by atoms with Crippen LogP contribution in [0.4, 0.5) is 5.69 Å². The number of carbonyl (C=O) groups is 1. The van der Waals surface area contributed by atoms with Crippen LogP contribution in [0.15, 0.2) is 88.8 Å². The fourth-order valence-electron chi connectivity index (χ4n) is 3.72. The number of aromatic nitrogens is 4. The summed E-state index contributed by atoms with van der Waals surface area (Å²) < 4.78 is 3.41. The van der Waals surface area contributed by atoms with Gasteiger partial charge in [-0.05, 0) is 43.3 Å². The minimum Gasteiger partial charge on any atom is -0.315 e. The van der Waals surface area contributed by atoms with Gasteiger partial charge in [0.1, 0.15) is 0 Å². The van der Waals surface area contributed by atoms with Gasteiger partial charge in [-0.2, -0.15) is 0 Å². The highest BCUT2D eigenvalue weighted by molar-refractivity contribution is 7.99. The number of anilines is 1. The Morgan fingerprint density at radius 1 is 0.939 bits per heavy atom. The molecule has 164 valence electrons. The molecular weight excluding hydrogens is 434 g/mol. The zero-order chi connectivity index (χ0) is 22.9. The molecule has 2 aromatic heterocycles. The van der Waals surface area contributed by atoms with Crippen LogP contribution in [0.5, 0.6) is 0 Å². The third kappa shape index (κ3) is 3.78. The molecule has 3 aromatic carbocycles. The molecule has 0 atom stereocenters. The number of benzene rings is 3. The van der Waals surface area contributed by atoms with E-state index in [0.717, 1.165) is 11.3 Å². The summed E-state index contributed by atoms with van der Waals surface area (Å²) in [7, 11) is 1.75. The quantitative estimate of drug-likeness (QED) is 0.373. The minimum absolute atomic E-state index is 0.0564. The van der Waals surface area contributed by atoms with Crippen LogP contribution in [0.2, 0.25) is 0 Å². The number of amides is 1. The summed E-state index contributed by atoms with van der Waals surface area (Å²) in [6.45, 7) is 2.00. The van der Waals surface area contributed by atoms with Crippen LogP contribution >= 0.6 is 11.8 Å². The first kappa shape index (κ1) is 21.0. The SMILES string of the molecule is Cc1ccc(-n2c(=O)c3ccccc3n3c(SCC(=O)N(C)c4ccccc4)nnc23)cc1. The lowest BCUT2D eigenvalue weighted by atomic mass is 10.2. The van der Waals surface area contributed by atoms with E-state index in [2.05, 4.69) is 10.2 Å². The van der Waals surface area contributed by atoms with Crippen molar-refractivity contribution in [3.8, 4) is 5.69 Å². The van der Waals surface area contributed by atoms with Crippen molar-refractivity contribution in [3.63, 3.8) is 0 Å². The lowest BCUT2D eigenvalue weighted by Gasteiger charge is -2.16. The maximum Gasteiger partial charge on any atom is 0.267 e. The van der Waals surface area contributed by atoms with Gasteiger partial charge in [0.15, 0.2) is 5.16 Å². The molecule has 0 unspecified atom stereocenters. The Kier molecular flexibility index (Phi) is 5.43. The fraction of sp³-hybridized carbons (Fsp3) is 0.120. The Bertz CT molecular complexity index is 1520. The summed E-state index contributed by atoms with van der Waals surface area (Å²) in [5, 5.41) is 9.79. The van der Waals surface area contributed by atoms with Gasteiger partial charge in [0.2, 0.25) is 11.7 Å². The van der Waals surface area contributed by atoms with Gasteiger partial charge >= 0.3 is 0 Å². The Hall–Kier alpha value is -3.91. The summed E-state index contributed by atoms with van der Waals surface area (Å²) in [5.74, 6) is 0.539. The third-order valence-corrected chi connectivity index (χ3v) is 6.44. The van der Waals surface area contributed by atoms with E-state index in [1.165, 1.54) is 11.8 Å². The second-order valence-electron chi connectivity index (χ2n) is 7.69. The van der Waals surface area contributed by atoms with Crippen LogP contribution in [0, 0.1) is 6.92 Å². The van der Waals surface area contributed by atoms with Crippen molar-refractivity contribution < 1.29 is 4.79 Å². The van der Waals surface area contributed by atoms with E-state index >= 15 is 0 Å². The Labute approximate surface area is 194 Å². The molecule has 5 aromatic rings. The van der Waals surface area contributed by atoms with Gasteiger partial charge in [-0.3, -0.25) is 14.0 Å². The van der Waals surface area contributed by atoms with Gasteiger partial charge in [0.25, 0.3) is 5.56 Å². The summed E-state index contributed by atoms with van der Waals surface area (Å²) in [5.41, 5.74) is 3.18. The smallest absolute Gasteiger partial charge is 0.267 e. The standard InChI is InChI=1S/C25H21N5O2S/c1-17-12-14-19(15-13-17)29-23(32)20-10-6-7-11-21(20)30-24(29)26-27-25(30)33-16-22(31)28(2)18-8-4-3-5-9-18/h3-15H,16H2,1-2H3. The first-order valence-electron chi connectivity index (χ1n) is 10.4. The lowest BCUT2D eigenvalue weighted by Crippen LogP contribution is -2.28. The molecule has 2 heterocycles. The molecule has 5 rings (SSSR count). The van der Waals surface area contributed by atoms with Crippen LogP contribution in [0.1, 0.15) is 5.56 Å². The molecule has 0 spiro atoms. The molecule has 0 aliphatic heterocycles. The number of hydrogen-bond donors (Lipinski definition) is 0. The number of nitrogens with zero attached hydrogens (tertiary/aromatic N) is 5. The number of para-hydroxylation sites is 2. The van der Waals surface area contributed by atoms with Gasteiger partial charge in [0.05, 0.1) is 22.3 Å². The van der Waals surface area contributed by atoms with Crippen molar-refractivity contribution in [1.82, 2.24) is 19.2 Å². The fourth-order valence-corrected chi connectivity index (χ4v) is 4.57. The van der Waals surface area contributed by atoms with Crippen molar-refractivity contribution in [3.05, 3.63) is 94.8 Å². The molecule has 0 saturated carbocycles. The first-order valence-corrected chi connectivity index (χ1v) is 11.4. The van der Waals surface area contributed by atoms with Gasteiger partial charge in [-0.25, -0.2) is 4.57 Å². The maximum absolute atomic E-state index is 13.4.